The summed E-state index contributed by atoms with van der Waals surface area (Å²) in [6.45, 7) is 1.53. The minimum Gasteiger partial charge on any atom is -0.284 e. The first-order valence-corrected chi connectivity index (χ1v) is 13.8. The number of rotatable bonds is 7. The van der Waals surface area contributed by atoms with Crippen molar-refractivity contribution in [3.05, 3.63) is 94.8 Å². The van der Waals surface area contributed by atoms with E-state index < -0.39 is 31.9 Å². The zero-order valence-corrected chi connectivity index (χ0v) is 20.4. The lowest BCUT2D eigenvalue weighted by Crippen LogP contribution is -2.27. The van der Waals surface area contributed by atoms with Gasteiger partial charge in [-0.3, -0.25) is 4.72 Å². The number of anilines is 1. The van der Waals surface area contributed by atoms with Gasteiger partial charge in [-0.1, -0.05) is 41.9 Å². The van der Waals surface area contributed by atoms with Crippen LogP contribution in [0, 0.1) is 5.82 Å². The van der Waals surface area contributed by atoms with Crippen molar-refractivity contribution in [2.24, 2.45) is 5.10 Å². The molecule has 3 aromatic carbocycles. The fraction of sp³-hybridized carbons (Fsp3) is 0.174. The normalized spacial score (nSPS) is 16.4. The number of hydrogen-bond acceptors (Lipinski definition) is 5. The van der Waals surface area contributed by atoms with Crippen LogP contribution in [0.2, 0.25) is 5.02 Å². The molecule has 0 aliphatic carbocycles. The Morgan fingerprint density at radius 3 is 2.26 bits per heavy atom. The molecule has 0 saturated carbocycles. The first-order valence-electron chi connectivity index (χ1n) is 10.3. The molecule has 0 fully saturated rings. The molecule has 0 radical (unpaired) electrons. The maximum Gasteiger partial charge on any atom is 0.279 e. The summed E-state index contributed by atoms with van der Waals surface area (Å²) in [7, 11) is -7.55. The van der Waals surface area contributed by atoms with E-state index in [4.69, 9.17) is 11.6 Å². The fourth-order valence-electron chi connectivity index (χ4n) is 3.56. The average Bonchev–Trinajstić information content (AvgIpc) is 3.26. The highest BCUT2D eigenvalue weighted by Gasteiger charge is 2.38. The van der Waals surface area contributed by atoms with Crippen LogP contribution >= 0.6 is 11.6 Å². The summed E-state index contributed by atoms with van der Waals surface area (Å²) in [6, 6.07) is 17.2. The van der Waals surface area contributed by atoms with E-state index in [0.29, 0.717) is 22.0 Å². The molecular weight excluding hydrogens is 501 g/mol. The molecular formula is C23H21ClFN3O4S2. The number of nitrogens with zero attached hydrogens (tertiary/aromatic N) is 2. The van der Waals surface area contributed by atoms with Crippen molar-refractivity contribution in [1.82, 2.24) is 4.41 Å². The zero-order chi connectivity index (χ0) is 24.5. The Morgan fingerprint density at radius 2 is 1.65 bits per heavy atom. The van der Waals surface area contributed by atoms with E-state index in [1.807, 2.05) is 0 Å². The van der Waals surface area contributed by atoms with Gasteiger partial charge in [-0.05, 0) is 55.0 Å². The van der Waals surface area contributed by atoms with E-state index in [1.54, 1.807) is 30.3 Å². The quantitative estimate of drug-likeness (QED) is 0.484. The third-order valence-electron chi connectivity index (χ3n) is 5.37. The molecule has 0 aromatic heterocycles. The standard InChI is InChI=1S/C23H21ClFN3O4S2/c1-2-33(29,30)27-18-11-7-16(8-12-18)22-15-23(20-5-3-4-6-21(20)25)28(26-22)34(31,32)19-13-9-17(24)10-14-19/h3-14,23,27H,2,15H2,1H3/t23-/m0/s1. The summed E-state index contributed by atoms with van der Waals surface area (Å²) in [5.41, 5.74) is 1.59. The zero-order valence-electron chi connectivity index (χ0n) is 18.0. The van der Waals surface area contributed by atoms with Crippen LogP contribution < -0.4 is 4.72 Å². The second-order valence-electron chi connectivity index (χ2n) is 7.60. The molecule has 1 N–H and O–H groups in total. The molecule has 0 saturated heterocycles. The summed E-state index contributed by atoms with van der Waals surface area (Å²) in [5.74, 6) is -0.604. The third-order valence-corrected chi connectivity index (χ3v) is 8.62. The molecule has 1 aliphatic rings. The molecule has 1 aliphatic heterocycles. The van der Waals surface area contributed by atoms with Gasteiger partial charge in [-0.15, -0.1) is 0 Å². The molecule has 11 heteroatoms. The van der Waals surface area contributed by atoms with Crippen LogP contribution in [0.3, 0.4) is 0 Å². The van der Waals surface area contributed by atoms with E-state index in [1.165, 1.54) is 49.4 Å². The number of nitrogens with one attached hydrogen (secondary N) is 1. The first kappa shape index (κ1) is 24.2. The number of hydrazone groups is 1. The van der Waals surface area contributed by atoms with Gasteiger partial charge >= 0.3 is 0 Å². The Bertz CT molecular complexity index is 1440. The first-order chi connectivity index (χ1) is 16.1. The van der Waals surface area contributed by atoms with Crippen LogP contribution in [0.15, 0.2) is 82.8 Å². The highest BCUT2D eigenvalue weighted by atomic mass is 35.5. The third kappa shape index (κ3) is 4.94. The van der Waals surface area contributed by atoms with E-state index in [2.05, 4.69) is 9.82 Å². The van der Waals surface area contributed by atoms with Gasteiger partial charge in [0.1, 0.15) is 5.82 Å². The molecule has 178 valence electrons. The molecule has 0 spiro atoms. The Hall–Kier alpha value is -2.95. The van der Waals surface area contributed by atoms with E-state index in [9.17, 15) is 21.2 Å². The largest absolute Gasteiger partial charge is 0.284 e. The van der Waals surface area contributed by atoms with Crippen molar-refractivity contribution in [2.45, 2.75) is 24.3 Å². The fourth-order valence-corrected chi connectivity index (χ4v) is 5.75. The van der Waals surface area contributed by atoms with Crippen molar-refractivity contribution >= 4 is 43.0 Å². The smallest absolute Gasteiger partial charge is 0.279 e. The lowest BCUT2D eigenvalue weighted by molar-refractivity contribution is 0.362. The predicted molar refractivity (Wildman–Crippen MR) is 130 cm³/mol. The van der Waals surface area contributed by atoms with Crippen molar-refractivity contribution in [2.75, 3.05) is 10.5 Å². The highest BCUT2D eigenvalue weighted by Crippen LogP contribution is 2.38. The number of halogens is 2. The van der Waals surface area contributed by atoms with Crippen LogP contribution in [0.4, 0.5) is 10.1 Å². The summed E-state index contributed by atoms with van der Waals surface area (Å²) >= 11 is 5.90. The molecule has 0 unspecified atom stereocenters. The second-order valence-corrected chi connectivity index (χ2v) is 11.8. The minimum atomic E-state index is -4.12. The molecule has 1 heterocycles. The highest BCUT2D eigenvalue weighted by molar-refractivity contribution is 7.92. The minimum absolute atomic E-state index is 0.0208. The average molecular weight is 522 g/mol. The lowest BCUT2D eigenvalue weighted by atomic mass is 9.99. The van der Waals surface area contributed by atoms with Crippen molar-refractivity contribution in [3.8, 4) is 0 Å². The SMILES string of the molecule is CCS(=O)(=O)Nc1ccc(C2=NN(S(=O)(=O)c3ccc(Cl)cc3)[C@H](c3ccccc3F)C2)cc1. The van der Waals surface area contributed by atoms with Crippen LogP contribution in [-0.4, -0.2) is 32.7 Å². The van der Waals surface area contributed by atoms with Crippen LogP contribution in [0.5, 0.6) is 0 Å². The van der Waals surface area contributed by atoms with E-state index in [-0.39, 0.29) is 22.6 Å². The Kier molecular flexibility index (Phi) is 6.66. The van der Waals surface area contributed by atoms with Crippen LogP contribution in [0.25, 0.3) is 0 Å². The van der Waals surface area contributed by atoms with E-state index >= 15 is 0 Å². The summed E-state index contributed by atoms with van der Waals surface area (Å²) in [4.78, 5) is -0.0208. The van der Waals surface area contributed by atoms with Gasteiger partial charge in [0.2, 0.25) is 10.0 Å². The van der Waals surface area contributed by atoms with Gasteiger partial charge in [0.05, 0.1) is 22.4 Å². The van der Waals surface area contributed by atoms with Gasteiger partial charge in [0, 0.05) is 22.7 Å². The second kappa shape index (κ2) is 9.36. The molecule has 4 rings (SSSR count). The van der Waals surface area contributed by atoms with Gasteiger partial charge < -0.3 is 0 Å². The topological polar surface area (TPSA) is 95.9 Å². The maximum atomic E-state index is 14.7. The van der Waals surface area contributed by atoms with Gasteiger partial charge in [0.15, 0.2) is 0 Å². The Morgan fingerprint density at radius 1 is 1.00 bits per heavy atom. The maximum absolute atomic E-state index is 14.7. The molecule has 0 amide bonds. The Labute approximate surface area is 203 Å². The number of hydrogen-bond donors (Lipinski definition) is 1. The molecule has 7 nitrogen and oxygen atoms in total. The Balaban J connectivity index is 1.73. The molecule has 34 heavy (non-hydrogen) atoms. The number of sulfonamides is 2. The van der Waals surface area contributed by atoms with Crippen LogP contribution in [0.1, 0.15) is 30.5 Å². The van der Waals surface area contributed by atoms with Crippen LogP contribution in [-0.2, 0) is 20.0 Å². The number of benzene rings is 3. The summed E-state index contributed by atoms with van der Waals surface area (Å²) in [6.07, 6.45) is 0.133. The van der Waals surface area contributed by atoms with Gasteiger partial charge in [-0.2, -0.15) is 17.9 Å². The van der Waals surface area contributed by atoms with Crippen molar-refractivity contribution in [1.29, 1.82) is 0 Å². The molecule has 3 aromatic rings. The molecule has 0 bridgehead atoms. The van der Waals surface area contributed by atoms with Gasteiger partial charge in [0.25, 0.3) is 10.0 Å². The summed E-state index contributed by atoms with van der Waals surface area (Å²) in [5, 5.41) is 4.76. The summed E-state index contributed by atoms with van der Waals surface area (Å²) < 4.78 is 68.5. The van der Waals surface area contributed by atoms with Crippen molar-refractivity contribution < 1.29 is 21.2 Å². The predicted octanol–water partition coefficient (Wildman–Crippen LogP) is 4.78. The lowest BCUT2D eigenvalue weighted by Gasteiger charge is -2.23. The van der Waals surface area contributed by atoms with E-state index in [0.717, 1.165) is 4.41 Å². The van der Waals surface area contributed by atoms with Gasteiger partial charge in [-0.25, -0.2) is 12.8 Å². The van der Waals surface area contributed by atoms with Crippen molar-refractivity contribution in [3.63, 3.8) is 0 Å². The monoisotopic (exact) mass is 521 g/mol. The molecule has 1 atom stereocenters.